The largest absolute Gasteiger partial charge is 0.361 e. The Morgan fingerprint density at radius 2 is 1.68 bits per heavy atom. The molecule has 0 saturated heterocycles. The third-order valence-electron chi connectivity index (χ3n) is 4.73. The average molecular weight is 332 g/mol. The smallest absolute Gasteiger partial charge is 0.141 e. The van der Waals surface area contributed by atoms with Crippen molar-refractivity contribution in [2.24, 2.45) is 7.05 Å². The molecule has 5 nitrogen and oxygen atoms in total. The summed E-state index contributed by atoms with van der Waals surface area (Å²) in [4.78, 5) is 8.90. The molecule has 0 aliphatic carbocycles. The third kappa shape index (κ3) is 2.35. The summed E-state index contributed by atoms with van der Waals surface area (Å²) in [7, 11) is 2.03. The molecule has 0 fully saturated rings. The molecule has 0 saturated carbocycles. The van der Waals surface area contributed by atoms with Crippen LogP contribution in [0.25, 0.3) is 33.3 Å². The lowest BCUT2D eigenvalue weighted by atomic mass is 9.93. The summed E-state index contributed by atoms with van der Waals surface area (Å²) >= 11 is 0. The Hall–Kier alpha value is -2.95. The van der Waals surface area contributed by atoms with Crippen molar-refractivity contribution in [3.05, 3.63) is 53.4 Å². The number of nitrogens with zero attached hydrogens (tertiary/aromatic N) is 4. The van der Waals surface area contributed by atoms with Gasteiger partial charge in [-0.3, -0.25) is 4.98 Å². The number of aromatic nitrogens is 4. The van der Waals surface area contributed by atoms with E-state index in [1.54, 1.807) is 0 Å². The SMILES string of the molecule is Cc1cncc(C)c1-c1cc(-c2c(C)noc2C)cc2ncn(C)c12. The molecular weight excluding hydrogens is 312 g/mol. The van der Waals surface area contributed by atoms with Crippen molar-refractivity contribution < 1.29 is 4.52 Å². The van der Waals surface area contributed by atoms with E-state index in [4.69, 9.17) is 4.52 Å². The fourth-order valence-electron chi connectivity index (χ4n) is 3.65. The summed E-state index contributed by atoms with van der Waals surface area (Å²) in [6, 6.07) is 4.32. The highest BCUT2D eigenvalue weighted by atomic mass is 16.5. The lowest BCUT2D eigenvalue weighted by molar-refractivity contribution is 0.393. The van der Waals surface area contributed by atoms with Gasteiger partial charge in [0.25, 0.3) is 0 Å². The molecule has 3 heterocycles. The van der Waals surface area contributed by atoms with Gasteiger partial charge in [-0.05, 0) is 62.1 Å². The summed E-state index contributed by atoms with van der Waals surface area (Å²) in [5.41, 5.74) is 9.76. The Balaban J connectivity index is 2.11. The molecule has 0 spiro atoms. The fourth-order valence-corrected chi connectivity index (χ4v) is 3.65. The maximum atomic E-state index is 5.37. The molecule has 25 heavy (non-hydrogen) atoms. The molecule has 0 bridgehead atoms. The van der Waals surface area contributed by atoms with Crippen LogP contribution in [0.2, 0.25) is 0 Å². The Bertz CT molecular complexity index is 1060. The number of hydrogen-bond donors (Lipinski definition) is 0. The summed E-state index contributed by atoms with van der Waals surface area (Å²) in [5.74, 6) is 0.821. The zero-order chi connectivity index (χ0) is 17.7. The monoisotopic (exact) mass is 332 g/mol. The van der Waals surface area contributed by atoms with E-state index in [0.717, 1.165) is 50.3 Å². The molecule has 0 N–H and O–H groups in total. The fraction of sp³-hybridized carbons (Fsp3) is 0.250. The van der Waals surface area contributed by atoms with E-state index in [1.807, 2.05) is 39.6 Å². The number of pyridine rings is 1. The van der Waals surface area contributed by atoms with E-state index in [9.17, 15) is 0 Å². The van der Waals surface area contributed by atoms with E-state index < -0.39 is 0 Å². The van der Waals surface area contributed by atoms with E-state index in [-0.39, 0.29) is 0 Å². The van der Waals surface area contributed by atoms with Gasteiger partial charge in [0.2, 0.25) is 0 Å². The van der Waals surface area contributed by atoms with Gasteiger partial charge in [0.05, 0.1) is 23.1 Å². The molecule has 0 unspecified atom stereocenters. The van der Waals surface area contributed by atoms with Crippen molar-refractivity contribution in [2.45, 2.75) is 27.7 Å². The quantitative estimate of drug-likeness (QED) is 0.541. The highest BCUT2D eigenvalue weighted by molar-refractivity contribution is 5.98. The molecule has 0 radical (unpaired) electrons. The van der Waals surface area contributed by atoms with Crippen molar-refractivity contribution in [3.8, 4) is 22.3 Å². The number of hydrogen-bond acceptors (Lipinski definition) is 4. The number of rotatable bonds is 2. The van der Waals surface area contributed by atoms with Gasteiger partial charge in [-0.1, -0.05) is 5.16 Å². The molecule has 0 amide bonds. The van der Waals surface area contributed by atoms with E-state index in [0.29, 0.717) is 0 Å². The molecule has 0 atom stereocenters. The molecule has 0 aliphatic heterocycles. The van der Waals surface area contributed by atoms with Crippen LogP contribution in [-0.2, 0) is 7.05 Å². The predicted octanol–water partition coefficient (Wildman–Crippen LogP) is 4.52. The van der Waals surface area contributed by atoms with Crippen molar-refractivity contribution in [1.82, 2.24) is 19.7 Å². The lowest BCUT2D eigenvalue weighted by Gasteiger charge is -2.13. The van der Waals surface area contributed by atoms with Crippen LogP contribution in [0.4, 0.5) is 0 Å². The highest BCUT2D eigenvalue weighted by Crippen LogP contribution is 2.38. The topological polar surface area (TPSA) is 56.7 Å². The van der Waals surface area contributed by atoms with E-state index >= 15 is 0 Å². The first-order valence-corrected chi connectivity index (χ1v) is 8.27. The van der Waals surface area contributed by atoms with Crippen LogP contribution < -0.4 is 0 Å². The van der Waals surface area contributed by atoms with Gasteiger partial charge in [0, 0.05) is 30.6 Å². The van der Waals surface area contributed by atoms with Gasteiger partial charge in [-0.15, -0.1) is 0 Å². The zero-order valence-electron chi connectivity index (χ0n) is 15.1. The van der Waals surface area contributed by atoms with Gasteiger partial charge in [-0.2, -0.15) is 0 Å². The molecule has 4 aromatic rings. The average Bonchev–Trinajstić information content (AvgIpc) is 3.10. The minimum atomic E-state index is 0.821. The van der Waals surface area contributed by atoms with Crippen LogP contribution in [0.5, 0.6) is 0 Å². The molecule has 3 aromatic heterocycles. The van der Waals surface area contributed by atoms with Crippen LogP contribution in [0.1, 0.15) is 22.6 Å². The molecular formula is C20H20N4O. The maximum absolute atomic E-state index is 5.37. The van der Waals surface area contributed by atoms with Crippen molar-refractivity contribution in [1.29, 1.82) is 0 Å². The lowest BCUT2D eigenvalue weighted by Crippen LogP contribution is -1.95. The van der Waals surface area contributed by atoms with Crippen LogP contribution in [-0.4, -0.2) is 19.7 Å². The molecule has 1 aromatic carbocycles. The van der Waals surface area contributed by atoms with Gasteiger partial charge < -0.3 is 9.09 Å². The predicted molar refractivity (Wildman–Crippen MR) is 98.4 cm³/mol. The first-order valence-electron chi connectivity index (χ1n) is 8.27. The second-order valence-electron chi connectivity index (χ2n) is 6.59. The first-order chi connectivity index (χ1) is 12.0. The van der Waals surface area contributed by atoms with Crippen molar-refractivity contribution >= 4 is 11.0 Å². The summed E-state index contributed by atoms with van der Waals surface area (Å²) in [6.07, 6.45) is 5.68. The van der Waals surface area contributed by atoms with Crippen LogP contribution in [0.15, 0.2) is 35.4 Å². The van der Waals surface area contributed by atoms with Gasteiger partial charge in [0.15, 0.2) is 0 Å². The highest BCUT2D eigenvalue weighted by Gasteiger charge is 2.18. The minimum absolute atomic E-state index is 0.821. The zero-order valence-corrected chi connectivity index (χ0v) is 15.1. The van der Waals surface area contributed by atoms with Crippen molar-refractivity contribution in [2.75, 3.05) is 0 Å². The number of fused-ring (bicyclic) bond motifs is 1. The number of benzene rings is 1. The van der Waals surface area contributed by atoms with E-state index in [2.05, 4.69) is 45.7 Å². The Morgan fingerprint density at radius 3 is 2.32 bits per heavy atom. The summed E-state index contributed by atoms with van der Waals surface area (Å²) in [6.45, 7) is 8.11. The van der Waals surface area contributed by atoms with Gasteiger partial charge in [0.1, 0.15) is 5.76 Å². The molecule has 5 heteroatoms. The van der Waals surface area contributed by atoms with Gasteiger partial charge in [-0.25, -0.2) is 4.98 Å². The van der Waals surface area contributed by atoms with Crippen molar-refractivity contribution in [3.63, 3.8) is 0 Å². The van der Waals surface area contributed by atoms with Gasteiger partial charge >= 0.3 is 0 Å². The van der Waals surface area contributed by atoms with Crippen LogP contribution in [0.3, 0.4) is 0 Å². The second-order valence-corrected chi connectivity index (χ2v) is 6.59. The molecule has 4 rings (SSSR count). The maximum Gasteiger partial charge on any atom is 0.141 e. The third-order valence-corrected chi connectivity index (χ3v) is 4.73. The second kappa shape index (κ2) is 5.55. The van der Waals surface area contributed by atoms with Crippen LogP contribution in [0, 0.1) is 27.7 Å². The first kappa shape index (κ1) is 15.6. The normalized spacial score (nSPS) is 11.4. The van der Waals surface area contributed by atoms with E-state index in [1.165, 1.54) is 5.56 Å². The Labute approximate surface area is 146 Å². The standard InChI is InChI=1S/C20H20N4O/c1-11-8-21-9-12(2)18(11)16-6-15(19-13(3)23-25-14(19)4)7-17-20(16)24(5)10-22-17/h6-10H,1-5H3. The summed E-state index contributed by atoms with van der Waals surface area (Å²) < 4.78 is 7.44. The van der Waals surface area contributed by atoms with Crippen LogP contribution >= 0.6 is 0 Å². The molecule has 126 valence electrons. The summed E-state index contributed by atoms with van der Waals surface area (Å²) in [5, 5.41) is 4.10. The number of imidazole rings is 1. The Kier molecular flexibility index (Phi) is 3.46. The molecule has 0 aliphatic rings. The Morgan fingerprint density at radius 1 is 0.960 bits per heavy atom. The number of aryl methyl sites for hydroxylation is 5. The minimum Gasteiger partial charge on any atom is -0.361 e.